The minimum atomic E-state index is -3.61. The third-order valence-corrected chi connectivity index (χ3v) is 6.24. The molecule has 0 atom stereocenters. The van der Waals surface area contributed by atoms with Gasteiger partial charge in [-0.05, 0) is 55.5 Å². The summed E-state index contributed by atoms with van der Waals surface area (Å²) in [7, 11) is -3.61. The van der Waals surface area contributed by atoms with Crippen molar-refractivity contribution < 1.29 is 17.6 Å². The predicted octanol–water partition coefficient (Wildman–Crippen LogP) is 2.54. The van der Waals surface area contributed by atoms with E-state index >= 15 is 0 Å². The Labute approximate surface area is 146 Å². The zero-order valence-corrected chi connectivity index (χ0v) is 14.7. The minimum Gasteiger partial charge on any atom is -0.369 e. The molecule has 0 saturated carbocycles. The summed E-state index contributed by atoms with van der Waals surface area (Å²) in [4.78, 5) is 13.5. The molecule has 1 aliphatic heterocycles. The fourth-order valence-corrected chi connectivity index (χ4v) is 4.27. The van der Waals surface area contributed by atoms with Crippen molar-refractivity contribution in [3.63, 3.8) is 0 Å². The molecule has 2 aromatic carbocycles. The number of ketones is 1. The molecule has 3 rings (SSSR count). The molecule has 0 aromatic heterocycles. The third kappa shape index (κ3) is 3.72. The first-order chi connectivity index (χ1) is 11.9. The van der Waals surface area contributed by atoms with Crippen LogP contribution < -0.4 is 4.90 Å². The average Bonchev–Trinajstić information content (AvgIpc) is 2.62. The highest BCUT2D eigenvalue weighted by Gasteiger charge is 2.28. The Balaban J connectivity index is 1.69. The number of nitrogens with zero attached hydrogens (tertiary/aromatic N) is 2. The molecule has 0 aliphatic carbocycles. The third-order valence-electron chi connectivity index (χ3n) is 4.33. The first-order valence-corrected chi connectivity index (χ1v) is 9.43. The second kappa shape index (κ2) is 6.93. The van der Waals surface area contributed by atoms with E-state index in [1.807, 2.05) is 12.1 Å². The molecule has 0 unspecified atom stereocenters. The van der Waals surface area contributed by atoms with Gasteiger partial charge in [0.05, 0.1) is 4.90 Å². The summed E-state index contributed by atoms with van der Waals surface area (Å²) in [6.45, 7) is 3.34. The lowest BCUT2D eigenvalue weighted by molar-refractivity contribution is 0.101. The lowest BCUT2D eigenvalue weighted by Crippen LogP contribution is -2.48. The monoisotopic (exact) mass is 362 g/mol. The highest BCUT2D eigenvalue weighted by molar-refractivity contribution is 7.89. The topological polar surface area (TPSA) is 57.7 Å². The Kier molecular flexibility index (Phi) is 4.87. The molecule has 5 nitrogen and oxygen atoms in total. The molecule has 25 heavy (non-hydrogen) atoms. The van der Waals surface area contributed by atoms with Crippen LogP contribution in [0.1, 0.15) is 17.3 Å². The van der Waals surface area contributed by atoms with Crippen LogP contribution >= 0.6 is 0 Å². The number of piperazine rings is 1. The molecule has 1 heterocycles. The number of sulfonamides is 1. The molecule has 1 fully saturated rings. The number of halogens is 1. The largest absolute Gasteiger partial charge is 0.369 e. The fraction of sp³-hybridized carbons (Fsp3) is 0.278. The molecule has 1 saturated heterocycles. The van der Waals surface area contributed by atoms with E-state index < -0.39 is 15.8 Å². The van der Waals surface area contributed by atoms with Crippen molar-refractivity contribution in [3.8, 4) is 0 Å². The lowest BCUT2D eigenvalue weighted by Gasteiger charge is -2.35. The zero-order valence-electron chi connectivity index (χ0n) is 13.9. The lowest BCUT2D eigenvalue weighted by atomic mass is 10.1. The van der Waals surface area contributed by atoms with Crippen molar-refractivity contribution in [2.45, 2.75) is 11.8 Å². The summed E-state index contributed by atoms with van der Waals surface area (Å²) in [6.07, 6.45) is 0. The number of rotatable bonds is 4. The SMILES string of the molecule is CC(=O)c1ccc(N2CCN(S(=O)(=O)c3ccc(F)cc3)CC2)cc1. The van der Waals surface area contributed by atoms with Crippen molar-refractivity contribution in [1.82, 2.24) is 4.31 Å². The number of benzene rings is 2. The van der Waals surface area contributed by atoms with Gasteiger partial charge in [-0.15, -0.1) is 0 Å². The molecule has 0 N–H and O–H groups in total. The van der Waals surface area contributed by atoms with Gasteiger partial charge in [-0.1, -0.05) is 0 Å². The van der Waals surface area contributed by atoms with Gasteiger partial charge in [0.15, 0.2) is 5.78 Å². The van der Waals surface area contributed by atoms with E-state index in [1.54, 1.807) is 12.1 Å². The first kappa shape index (κ1) is 17.6. The fourth-order valence-electron chi connectivity index (χ4n) is 2.85. The van der Waals surface area contributed by atoms with Gasteiger partial charge in [-0.3, -0.25) is 4.79 Å². The normalized spacial score (nSPS) is 16.0. The second-order valence-corrected chi connectivity index (χ2v) is 7.89. The van der Waals surface area contributed by atoms with Gasteiger partial charge in [0.2, 0.25) is 10.0 Å². The molecule has 0 amide bonds. The second-order valence-electron chi connectivity index (χ2n) is 5.95. The molecule has 2 aromatic rings. The van der Waals surface area contributed by atoms with Gasteiger partial charge in [-0.25, -0.2) is 12.8 Å². The number of hydrogen-bond donors (Lipinski definition) is 0. The maximum atomic E-state index is 13.0. The Morgan fingerprint density at radius 1 is 0.920 bits per heavy atom. The van der Waals surface area contributed by atoms with Gasteiger partial charge < -0.3 is 4.90 Å². The van der Waals surface area contributed by atoms with E-state index in [0.29, 0.717) is 31.7 Å². The molecular weight excluding hydrogens is 343 g/mol. The number of hydrogen-bond acceptors (Lipinski definition) is 4. The smallest absolute Gasteiger partial charge is 0.243 e. The standard InChI is InChI=1S/C18H19FN2O3S/c1-14(22)15-2-6-17(7-3-15)20-10-12-21(13-11-20)25(23,24)18-8-4-16(19)5-9-18/h2-9H,10-13H2,1H3. The maximum absolute atomic E-state index is 13.0. The van der Waals surface area contributed by atoms with Crippen LogP contribution in [0.2, 0.25) is 0 Å². The van der Waals surface area contributed by atoms with Crippen molar-refractivity contribution in [2.24, 2.45) is 0 Å². The molecule has 0 radical (unpaired) electrons. The minimum absolute atomic E-state index is 0.0155. The highest BCUT2D eigenvalue weighted by atomic mass is 32.2. The number of Topliss-reactive ketones (excluding diaryl/α,β-unsaturated/α-hetero) is 1. The van der Waals surface area contributed by atoms with E-state index in [2.05, 4.69) is 4.90 Å². The van der Waals surface area contributed by atoms with E-state index in [-0.39, 0.29) is 10.7 Å². The molecule has 0 spiro atoms. The Hall–Kier alpha value is -2.25. The average molecular weight is 362 g/mol. The van der Waals surface area contributed by atoms with E-state index in [0.717, 1.165) is 17.8 Å². The summed E-state index contributed by atoms with van der Waals surface area (Å²) in [5.41, 5.74) is 1.62. The highest BCUT2D eigenvalue weighted by Crippen LogP contribution is 2.22. The van der Waals surface area contributed by atoms with Crippen molar-refractivity contribution in [3.05, 3.63) is 59.9 Å². The van der Waals surface area contributed by atoms with Gasteiger partial charge >= 0.3 is 0 Å². The zero-order chi connectivity index (χ0) is 18.0. The molecule has 132 valence electrons. The quantitative estimate of drug-likeness (QED) is 0.785. The van der Waals surface area contributed by atoms with Crippen LogP contribution in [0.5, 0.6) is 0 Å². The summed E-state index contributed by atoms with van der Waals surface area (Å²) < 4.78 is 39.6. The Bertz CT molecular complexity index is 856. The summed E-state index contributed by atoms with van der Waals surface area (Å²) in [5.74, 6) is -0.445. The summed E-state index contributed by atoms with van der Waals surface area (Å²) in [6, 6.07) is 12.2. The van der Waals surface area contributed by atoms with E-state index in [9.17, 15) is 17.6 Å². The Morgan fingerprint density at radius 3 is 2.00 bits per heavy atom. The molecule has 1 aliphatic rings. The van der Waals surface area contributed by atoms with Gasteiger partial charge in [0, 0.05) is 37.4 Å². The van der Waals surface area contributed by atoms with Gasteiger partial charge in [0.25, 0.3) is 0 Å². The van der Waals surface area contributed by atoms with Crippen molar-refractivity contribution in [1.29, 1.82) is 0 Å². The van der Waals surface area contributed by atoms with Crippen LogP contribution in [0.15, 0.2) is 53.4 Å². The van der Waals surface area contributed by atoms with Crippen LogP contribution in [0, 0.1) is 5.82 Å². The Morgan fingerprint density at radius 2 is 1.48 bits per heavy atom. The van der Waals surface area contributed by atoms with Crippen molar-refractivity contribution in [2.75, 3.05) is 31.1 Å². The van der Waals surface area contributed by atoms with E-state index in [4.69, 9.17) is 0 Å². The van der Waals surface area contributed by atoms with Crippen LogP contribution in [-0.2, 0) is 10.0 Å². The van der Waals surface area contributed by atoms with Gasteiger partial charge in [-0.2, -0.15) is 4.31 Å². The predicted molar refractivity (Wildman–Crippen MR) is 93.8 cm³/mol. The first-order valence-electron chi connectivity index (χ1n) is 7.99. The summed E-state index contributed by atoms with van der Waals surface area (Å²) in [5, 5.41) is 0. The molecule has 0 bridgehead atoms. The van der Waals surface area contributed by atoms with Crippen LogP contribution in [0.25, 0.3) is 0 Å². The van der Waals surface area contributed by atoms with Crippen LogP contribution in [0.3, 0.4) is 0 Å². The number of carbonyl (C=O) groups excluding carboxylic acids is 1. The summed E-state index contributed by atoms with van der Waals surface area (Å²) >= 11 is 0. The van der Waals surface area contributed by atoms with Crippen LogP contribution in [-0.4, -0.2) is 44.7 Å². The van der Waals surface area contributed by atoms with Gasteiger partial charge in [0.1, 0.15) is 5.82 Å². The molecule has 7 heteroatoms. The number of carbonyl (C=O) groups is 1. The van der Waals surface area contributed by atoms with E-state index in [1.165, 1.54) is 23.4 Å². The molecular formula is C18H19FN2O3S. The van der Waals surface area contributed by atoms with Crippen molar-refractivity contribution >= 4 is 21.5 Å². The van der Waals surface area contributed by atoms with Crippen LogP contribution in [0.4, 0.5) is 10.1 Å². The number of anilines is 1. The maximum Gasteiger partial charge on any atom is 0.243 e.